The Morgan fingerprint density at radius 3 is 2.82 bits per heavy atom. The first-order chi connectivity index (χ1) is 7.97. The van der Waals surface area contributed by atoms with Gasteiger partial charge in [-0.15, -0.1) is 0 Å². The Morgan fingerprint density at radius 2 is 2.18 bits per heavy atom. The van der Waals surface area contributed by atoms with Crippen LogP contribution in [0.4, 0.5) is 5.69 Å². The summed E-state index contributed by atoms with van der Waals surface area (Å²) in [5.41, 5.74) is 5.88. The standard InChI is InChI=1S/C10H15ClN2O3S/c1-16-6-2-5-13-17(14,15)10-7-8(12)3-4-9(10)11/h3-4,7,13H,2,5-6,12H2,1H3. The summed E-state index contributed by atoms with van der Waals surface area (Å²) in [6, 6.07) is 4.34. The molecule has 7 heteroatoms. The second-order valence-electron chi connectivity index (χ2n) is 3.43. The minimum Gasteiger partial charge on any atom is -0.399 e. The fourth-order valence-electron chi connectivity index (χ4n) is 1.23. The molecule has 5 nitrogen and oxygen atoms in total. The van der Waals surface area contributed by atoms with Crippen molar-refractivity contribution < 1.29 is 13.2 Å². The van der Waals surface area contributed by atoms with Gasteiger partial charge in [-0.3, -0.25) is 0 Å². The number of nitrogen functional groups attached to an aromatic ring is 1. The highest BCUT2D eigenvalue weighted by atomic mass is 35.5. The maximum Gasteiger partial charge on any atom is 0.242 e. The third-order valence-electron chi connectivity index (χ3n) is 2.06. The van der Waals surface area contributed by atoms with Crippen molar-refractivity contribution in [3.63, 3.8) is 0 Å². The Kier molecular flexibility index (Phi) is 5.20. The van der Waals surface area contributed by atoms with Gasteiger partial charge in [-0.2, -0.15) is 0 Å². The van der Waals surface area contributed by atoms with E-state index in [-0.39, 0.29) is 9.92 Å². The number of methoxy groups -OCH3 is 1. The van der Waals surface area contributed by atoms with Crippen LogP contribution in [0.25, 0.3) is 0 Å². The Balaban J connectivity index is 2.79. The molecule has 1 aromatic rings. The molecular weight excluding hydrogens is 264 g/mol. The first kappa shape index (κ1) is 14.2. The zero-order chi connectivity index (χ0) is 12.9. The summed E-state index contributed by atoms with van der Waals surface area (Å²) in [5, 5.41) is 0.151. The Bertz CT molecular complexity index is 476. The van der Waals surface area contributed by atoms with Crippen LogP contribution in [-0.2, 0) is 14.8 Å². The maximum absolute atomic E-state index is 11.9. The van der Waals surface area contributed by atoms with Crippen LogP contribution in [0.5, 0.6) is 0 Å². The molecule has 0 radical (unpaired) electrons. The van der Waals surface area contributed by atoms with E-state index in [1.807, 2.05) is 0 Å². The van der Waals surface area contributed by atoms with E-state index in [4.69, 9.17) is 22.1 Å². The van der Waals surface area contributed by atoms with E-state index in [2.05, 4.69) is 4.72 Å². The fourth-order valence-corrected chi connectivity index (χ4v) is 2.83. The van der Waals surface area contributed by atoms with E-state index >= 15 is 0 Å². The number of benzene rings is 1. The predicted octanol–water partition coefficient (Wildman–Crippen LogP) is 1.24. The van der Waals surface area contributed by atoms with Gasteiger partial charge in [0.25, 0.3) is 0 Å². The van der Waals surface area contributed by atoms with Crippen LogP contribution in [0.1, 0.15) is 6.42 Å². The summed E-state index contributed by atoms with van der Waals surface area (Å²) in [6.07, 6.45) is 0.593. The van der Waals surface area contributed by atoms with Gasteiger partial charge >= 0.3 is 0 Å². The van der Waals surface area contributed by atoms with Crippen molar-refractivity contribution >= 4 is 27.3 Å². The molecule has 0 spiro atoms. The van der Waals surface area contributed by atoms with Crippen LogP contribution in [0, 0.1) is 0 Å². The maximum atomic E-state index is 11.9. The quantitative estimate of drug-likeness (QED) is 0.606. The van der Waals surface area contributed by atoms with E-state index in [1.165, 1.54) is 12.1 Å². The summed E-state index contributed by atoms with van der Waals surface area (Å²) < 4.78 is 31.0. The number of rotatable bonds is 6. The van der Waals surface area contributed by atoms with E-state index in [0.717, 1.165) is 0 Å². The van der Waals surface area contributed by atoms with Gasteiger partial charge in [0.1, 0.15) is 4.90 Å². The van der Waals surface area contributed by atoms with Crippen molar-refractivity contribution in [2.45, 2.75) is 11.3 Å². The molecule has 0 heterocycles. The Labute approximate surface area is 106 Å². The zero-order valence-electron chi connectivity index (χ0n) is 9.44. The molecule has 1 rings (SSSR count). The normalized spacial score (nSPS) is 11.6. The number of nitrogens with two attached hydrogens (primary N) is 1. The van der Waals surface area contributed by atoms with Crippen LogP contribution < -0.4 is 10.5 Å². The summed E-state index contributed by atoms with van der Waals surface area (Å²) >= 11 is 5.82. The monoisotopic (exact) mass is 278 g/mol. The van der Waals surface area contributed by atoms with Crippen molar-refractivity contribution in [2.24, 2.45) is 0 Å². The summed E-state index contributed by atoms with van der Waals surface area (Å²) in [6.45, 7) is 0.786. The molecule has 0 amide bonds. The molecule has 0 aliphatic heterocycles. The topological polar surface area (TPSA) is 81.4 Å². The number of sulfonamides is 1. The molecule has 1 aromatic carbocycles. The molecule has 0 aliphatic rings. The number of halogens is 1. The van der Waals surface area contributed by atoms with Gasteiger partial charge in [-0.1, -0.05) is 11.6 Å². The van der Waals surface area contributed by atoms with Gasteiger partial charge in [0, 0.05) is 25.9 Å². The lowest BCUT2D eigenvalue weighted by molar-refractivity contribution is 0.196. The van der Waals surface area contributed by atoms with Gasteiger partial charge < -0.3 is 10.5 Å². The van der Waals surface area contributed by atoms with Gasteiger partial charge in [-0.05, 0) is 24.6 Å². The number of ether oxygens (including phenoxy) is 1. The molecule has 0 aromatic heterocycles. The highest BCUT2D eigenvalue weighted by Gasteiger charge is 2.17. The number of hydrogen-bond acceptors (Lipinski definition) is 4. The largest absolute Gasteiger partial charge is 0.399 e. The van der Waals surface area contributed by atoms with Gasteiger partial charge in [0.15, 0.2) is 0 Å². The van der Waals surface area contributed by atoms with E-state index in [9.17, 15) is 8.42 Å². The number of anilines is 1. The Hall–Kier alpha value is -0.820. The van der Waals surface area contributed by atoms with E-state index < -0.39 is 10.0 Å². The molecule has 0 atom stereocenters. The summed E-state index contributed by atoms with van der Waals surface area (Å²) in [5.74, 6) is 0. The first-order valence-corrected chi connectivity index (χ1v) is 6.87. The number of hydrogen-bond donors (Lipinski definition) is 2. The summed E-state index contributed by atoms with van der Waals surface area (Å²) in [7, 11) is -2.05. The van der Waals surface area contributed by atoms with Gasteiger partial charge in [0.05, 0.1) is 5.02 Å². The molecule has 0 unspecified atom stereocenters. The molecule has 0 saturated carbocycles. The van der Waals surface area contributed by atoms with Gasteiger partial charge in [-0.25, -0.2) is 13.1 Å². The third kappa shape index (κ3) is 4.16. The van der Waals surface area contributed by atoms with E-state index in [0.29, 0.717) is 25.3 Å². The van der Waals surface area contributed by atoms with Crippen molar-refractivity contribution in [1.82, 2.24) is 4.72 Å². The second kappa shape index (κ2) is 6.20. The average Bonchev–Trinajstić information content (AvgIpc) is 2.28. The minimum absolute atomic E-state index is 0.00316. The van der Waals surface area contributed by atoms with Crippen molar-refractivity contribution in [2.75, 3.05) is 26.0 Å². The average molecular weight is 279 g/mol. The first-order valence-electron chi connectivity index (χ1n) is 5.01. The van der Waals surface area contributed by atoms with Crippen molar-refractivity contribution in [3.05, 3.63) is 23.2 Å². The van der Waals surface area contributed by atoms with Crippen LogP contribution in [-0.4, -0.2) is 28.7 Å². The highest BCUT2D eigenvalue weighted by Crippen LogP contribution is 2.23. The SMILES string of the molecule is COCCCNS(=O)(=O)c1cc(N)ccc1Cl. The number of nitrogens with one attached hydrogen (secondary N) is 1. The van der Waals surface area contributed by atoms with Crippen LogP contribution >= 0.6 is 11.6 Å². The molecule has 0 aliphatic carbocycles. The van der Waals surface area contributed by atoms with Crippen LogP contribution in [0.3, 0.4) is 0 Å². The third-order valence-corrected chi connectivity index (χ3v) is 4.00. The van der Waals surface area contributed by atoms with Gasteiger partial charge in [0.2, 0.25) is 10.0 Å². The lowest BCUT2D eigenvalue weighted by atomic mass is 10.3. The van der Waals surface area contributed by atoms with Crippen molar-refractivity contribution in [1.29, 1.82) is 0 Å². The molecule has 17 heavy (non-hydrogen) atoms. The molecular formula is C10H15ClN2O3S. The molecule has 96 valence electrons. The second-order valence-corrected chi connectivity index (χ2v) is 5.58. The smallest absolute Gasteiger partial charge is 0.242 e. The van der Waals surface area contributed by atoms with Crippen LogP contribution in [0.2, 0.25) is 5.02 Å². The predicted molar refractivity (Wildman–Crippen MR) is 67.5 cm³/mol. The molecule has 0 fully saturated rings. The lowest BCUT2D eigenvalue weighted by Crippen LogP contribution is -2.25. The Morgan fingerprint density at radius 1 is 1.47 bits per heavy atom. The molecule has 0 bridgehead atoms. The van der Waals surface area contributed by atoms with Crippen LogP contribution in [0.15, 0.2) is 23.1 Å². The fraction of sp³-hybridized carbons (Fsp3) is 0.400. The zero-order valence-corrected chi connectivity index (χ0v) is 11.0. The molecule has 3 N–H and O–H groups in total. The lowest BCUT2D eigenvalue weighted by Gasteiger charge is -2.08. The minimum atomic E-state index is -3.61. The van der Waals surface area contributed by atoms with Crippen molar-refractivity contribution in [3.8, 4) is 0 Å². The molecule has 0 saturated heterocycles. The summed E-state index contributed by atoms with van der Waals surface area (Å²) in [4.78, 5) is -0.00316. The van der Waals surface area contributed by atoms with E-state index in [1.54, 1.807) is 13.2 Å². The highest BCUT2D eigenvalue weighted by molar-refractivity contribution is 7.89.